The topological polar surface area (TPSA) is 56.7 Å². The highest BCUT2D eigenvalue weighted by Crippen LogP contribution is 2.19. The summed E-state index contributed by atoms with van der Waals surface area (Å²) >= 11 is 0. The van der Waals surface area contributed by atoms with Crippen molar-refractivity contribution in [1.82, 2.24) is 15.0 Å². The van der Waals surface area contributed by atoms with E-state index in [-0.39, 0.29) is 0 Å². The highest BCUT2D eigenvalue weighted by molar-refractivity contribution is 5.25. The van der Waals surface area contributed by atoms with Crippen LogP contribution >= 0.6 is 0 Å². The molecule has 0 spiro atoms. The van der Waals surface area contributed by atoms with Gasteiger partial charge in [-0.2, -0.15) is 0 Å². The van der Waals surface area contributed by atoms with Crippen molar-refractivity contribution in [3.63, 3.8) is 0 Å². The Kier molecular flexibility index (Phi) is 3.54. The van der Waals surface area contributed by atoms with Gasteiger partial charge in [0.05, 0.1) is 5.69 Å². The molecular weight excluding hydrogens is 212 g/mol. The van der Waals surface area contributed by atoms with Crippen molar-refractivity contribution in [2.45, 2.75) is 19.3 Å². The molecule has 4 heteroatoms. The van der Waals surface area contributed by atoms with Gasteiger partial charge in [-0.1, -0.05) is 35.0 Å². The Morgan fingerprint density at radius 1 is 1.29 bits per heavy atom. The number of rotatable bonds is 4. The molecule has 0 fully saturated rings. The lowest BCUT2D eigenvalue weighted by molar-refractivity contribution is 0.676. The molecule has 0 saturated carbocycles. The predicted molar refractivity (Wildman–Crippen MR) is 67.7 cm³/mol. The van der Waals surface area contributed by atoms with E-state index in [2.05, 4.69) is 41.5 Å². The number of hydrogen-bond acceptors (Lipinski definition) is 3. The van der Waals surface area contributed by atoms with Gasteiger partial charge in [-0.25, -0.2) is 0 Å². The second kappa shape index (κ2) is 5.10. The Hall–Kier alpha value is -1.68. The summed E-state index contributed by atoms with van der Waals surface area (Å²) in [5, 5.41) is 8.04. The third kappa shape index (κ3) is 2.91. The molecule has 0 radical (unpaired) electrons. The van der Waals surface area contributed by atoms with Crippen LogP contribution < -0.4 is 5.73 Å². The monoisotopic (exact) mass is 230 g/mol. The normalized spacial score (nSPS) is 12.6. The molecule has 1 aromatic heterocycles. The van der Waals surface area contributed by atoms with Crippen LogP contribution in [-0.4, -0.2) is 21.5 Å². The molecule has 1 heterocycles. The average Bonchev–Trinajstić information content (AvgIpc) is 2.73. The molecule has 1 atom stereocenters. The summed E-state index contributed by atoms with van der Waals surface area (Å²) < 4.78 is 1.72. The quantitative estimate of drug-likeness (QED) is 0.864. The zero-order valence-corrected chi connectivity index (χ0v) is 10.3. The summed E-state index contributed by atoms with van der Waals surface area (Å²) in [6.45, 7) is 2.71. The van der Waals surface area contributed by atoms with E-state index in [0.717, 1.165) is 12.1 Å². The molecule has 90 valence electrons. The number of benzene rings is 1. The largest absolute Gasteiger partial charge is 0.330 e. The molecule has 0 aliphatic rings. The van der Waals surface area contributed by atoms with Crippen molar-refractivity contribution in [2.24, 2.45) is 12.8 Å². The maximum Gasteiger partial charge on any atom is 0.0833 e. The predicted octanol–water partition coefficient (Wildman–Crippen LogP) is 1.41. The molecule has 0 saturated heterocycles. The van der Waals surface area contributed by atoms with Crippen LogP contribution in [0.3, 0.4) is 0 Å². The van der Waals surface area contributed by atoms with Gasteiger partial charge < -0.3 is 5.73 Å². The first-order valence-electron chi connectivity index (χ1n) is 5.81. The maximum absolute atomic E-state index is 5.84. The molecule has 0 aliphatic heterocycles. The molecule has 0 bridgehead atoms. The molecule has 1 unspecified atom stereocenters. The Morgan fingerprint density at radius 3 is 2.53 bits per heavy atom. The van der Waals surface area contributed by atoms with Crippen molar-refractivity contribution in [3.8, 4) is 0 Å². The lowest BCUT2D eigenvalue weighted by Crippen LogP contribution is -2.15. The number of aryl methyl sites for hydroxylation is 2. The number of nitrogens with two attached hydrogens (primary N) is 1. The van der Waals surface area contributed by atoms with Gasteiger partial charge in [0.25, 0.3) is 0 Å². The van der Waals surface area contributed by atoms with E-state index in [9.17, 15) is 0 Å². The molecule has 2 rings (SSSR count). The van der Waals surface area contributed by atoms with E-state index >= 15 is 0 Å². The Balaban J connectivity index is 2.13. The summed E-state index contributed by atoms with van der Waals surface area (Å²) in [6, 6.07) is 8.52. The van der Waals surface area contributed by atoms with Crippen molar-refractivity contribution < 1.29 is 0 Å². The molecule has 0 aliphatic carbocycles. The first-order chi connectivity index (χ1) is 8.19. The second-order valence-corrected chi connectivity index (χ2v) is 4.43. The van der Waals surface area contributed by atoms with Gasteiger partial charge >= 0.3 is 0 Å². The third-order valence-corrected chi connectivity index (χ3v) is 2.94. The fourth-order valence-corrected chi connectivity index (χ4v) is 1.92. The Bertz CT molecular complexity index is 472. The third-order valence-electron chi connectivity index (χ3n) is 2.94. The van der Waals surface area contributed by atoms with Crippen molar-refractivity contribution >= 4 is 0 Å². The molecule has 1 aromatic carbocycles. The maximum atomic E-state index is 5.84. The van der Waals surface area contributed by atoms with E-state index in [1.165, 1.54) is 11.1 Å². The van der Waals surface area contributed by atoms with Gasteiger partial charge in [0.2, 0.25) is 0 Å². The van der Waals surface area contributed by atoms with E-state index in [4.69, 9.17) is 5.73 Å². The highest BCUT2D eigenvalue weighted by Gasteiger charge is 2.12. The molecular formula is C13H18N4. The van der Waals surface area contributed by atoms with Crippen LogP contribution in [0.25, 0.3) is 0 Å². The summed E-state index contributed by atoms with van der Waals surface area (Å²) in [4.78, 5) is 0. The number of hydrogen-bond donors (Lipinski definition) is 1. The van der Waals surface area contributed by atoms with E-state index in [1.54, 1.807) is 4.68 Å². The van der Waals surface area contributed by atoms with Gasteiger partial charge in [0, 0.05) is 25.6 Å². The first kappa shape index (κ1) is 11.8. The van der Waals surface area contributed by atoms with E-state index in [0.29, 0.717) is 12.5 Å². The lowest BCUT2D eigenvalue weighted by Gasteiger charge is -2.13. The average molecular weight is 230 g/mol. The molecule has 2 N–H and O–H groups in total. The van der Waals surface area contributed by atoms with Gasteiger partial charge in [0.15, 0.2) is 0 Å². The van der Waals surface area contributed by atoms with Crippen LogP contribution in [0.1, 0.15) is 22.7 Å². The summed E-state index contributed by atoms with van der Waals surface area (Å²) in [5.41, 5.74) is 9.37. The zero-order valence-electron chi connectivity index (χ0n) is 10.3. The summed E-state index contributed by atoms with van der Waals surface area (Å²) in [7, 11) is 1.87. The van der Waals surface area contributed by atoms with Gasteiger partial charge in [-0.15, -0.1) is 5.10 Å². The summed E-state index contributed by atoms with van der Waals surface area (Å²) in [5.74, 6) is 0.312. The van der Waals surface area contributed by atoms with Crippen LogP contribution in [0.15, 0.2) is 30.5 Å². The first-order valence-corrected chi connectivity index (χ1v) is 5.81. The smallest absolute Gasteiger partial charge is 0.0833 e. The van der Waals surface area contributed by atoms with Crippen LogP contribution in [-0.2, 0) is 13.5 Å². The molecule has 4 nitrogen and oxygen atoms in total. The van der Waals surface area contributed by atoms with Crippen LogP contribution in [0.5, 0.6) is 0 Å². The van der Waals surface area contributed by atoms with Gasteiger partial charge in [-0.05, 0) is 19.0 Å². The minimum absolute atomic E-state index is 0.312. The van der Waals surface area contributed by atoms with Crippen molar-refractivity contribution in [3.05, 3.63) is 47.3 Å². The standard InChI is InChI=1S/C13H18N4/c1-10-3-5-11(6-4-10)12(8-14)7-13-9-17(2)16-15-13/h3-6,9,12H,7-8,14H2,1-2H3. The van der Waals surface area contributed by atoms with E-state index < -0.39 is 0 Å². The minimum atomic E-state index is 0.312. The SMILES string of the molecule is Cc1ccc(C(CN)Cc2cn(C)nn2)cc1. The van der Waals surface area contributed by atoms with Crippen LogP contribution in [0.2, 0.25) is 0 Å². The fraction of sp³-hybridized carbons (Fsp3) is 0.385. The molecule has 17 heavy (non-hydrogen) atoms. The highest BCUT2D eigenvalue weighted by atomic mass is 15.4. The summed E-state index contributed by atoms with van der Waals surface area (Å²) in [6.07, 6.45) is 2.78. The van der Waals surface area contributed by atoms with Crippen molar-refractivity contribution in [2.75, 3.05) is 6.54 Å². The number of nitrogens with zero attached hydrogens (tertiary/aromatic N) is 3. The zero-order chi connectivity index (χ0) is 12.3. The molecule has 0 amide bonds. The lowest BCUT2D eigenvalue weighted by atomic mass is 9.94. The van der Waals surface area contributed by atoms with Gasteiger partial charge in [0.1, 0.15) is 0 Å². The number of aromatic nitrogens is 3. The van der Waals surface area contributed by atoms with Gasteiger partial charge in [-0.3, -0.25) is 4.68 Å². The van der Waals surface area contributed by atoms with E-state index in [1.807, 2.05) is 13.2 Å². The fourth-order valence-electron chi connectivity index (χ4n) is 1.92. The molecule has 2 aromatic rings. The Morgan fingerprint density at radius 2 is 2.00 bits per heavy atom. The van der Waals surface area contributed by atoms with Crippen LogP contribution in [0.4, 0.5) is 0 Å². The minimum Gasteiger partial charge on any atom is -0.330 e. The second-order valence-electron chi connectivity index (χ2n) is 4.43. The Labute approximate surface area is 101 Å². The van der Waals surface area contributed by atoms with Crippen molar-refractivity contribution in [1.29, 1.82) is 0 Å². The van der Waals surface area contributed by atoms with Crippen LogP contribution in [0, 0.1) is 6.92 Å².